The van der Waals surface area contributed by atoms with Gasteiger partial charge in [0.25, 0.3) is 0 Å². The Kier molecular flexibility index (Phi) is 6.80. The van der Waals surface area contributed by atoms with Crippen molar-refractivity contribution in [3.63, 3.8) is 0 Å². The summed E-state index contributed by atoms with van der Waals surface area (Å²) in [6, 6.07) is 18.6. The number of nitrogens with one attached hydrogen (secondary N) is 1. The highest BCUT2D eigenvalue weighted by Crippen LogP contribution is 2.38. The minimum Gasteiger partial charge on any atom is -0.493 e. The Morgan fingerprint density at radius 1 is 0.833 bits per heavy atom. The third-order valence-corrected chi connectivity index (χ3v) is 4.50. The van der Waals surface area contributed by atoms with Gasteiger partial charge in [-0.25, -0.2) is 0 Å². The van der Waals surface area contributed by atoms with Gasteiger partial charge in [0.1, 0.15) is 5.75 Å². The normalized spacial score (nSPS) is 10.3. The fourth-order valence-corrected chi connectivity index (χ4v) is 3.01. The molecule has 6 heteroatoms. The molecule has 0 bridgehead atoms. The van der Waals surface area contributed by atoms with E-state index in [0.29, 0.717) is 34.4 Å². The maximum absolute atomic E-state index is 12.7. The molecule has 30 heavy (non-hydrogen) atoms. The molecule has 3 aromatic carbocycles. The number of amides is 1. The molecule has 1 amide bonds. The molecule has 0 unspecified atom stereocenters. The number of para-hydroxylation sites is 2. The Labute approximate surface area is 176 Å². The maximum Gasteiger partial charge on any atom is 0.228 e. The first-order valence-corrected chi connectivity index (χ1v) is 9.46. The molecule has 0 saturated heterocycles. The van der Waals surface area contributed by atoms with Gasteiger partial charge in [0.2, 0.25) is 11.7 Å². The van der Waals surface area contributed by atoms with E-state index in [-0.39, 0.29) is 12.3 Å². The number of hydrogen-bond acceptors (Lipinski definition) is 5. The van der Waals surface area contributed by atoms with Crippen LogP contribution in [0, 0.1) is 6.92 Å². The lowest BCUT2D eigenvalue weighted by atomic mass is 10.1. The number of anilines is 1. The molecule has 0 aromatic heterocycles. The lowest BCUT2D eigenvalue weighted by Gasteiger charge is -2.15. The molecule has 0 fully saturated rings. The summed E-state index contributed by atoms with van der Waals surface area (Å²) in [5, 5.41) is 2.92. The summed E-state index contributed by atoms with van der Waals surface area (Å²) < 4.78 is 22.0. The third kappa shape index (κ3) is 5.03. The zero-order valence-electron chi connectivity index (χ0n) is 17.5. The Hall–Kier alpha value is -3.67. The van der Waals surface area contributed by atoms with Crippen molar-refractivity contribution < 1.29 is 23.7 Å². The van der Waals surface area contributed by atoms with Crippen LogP contribution in [0.2, 0.25) is 0 Å². The molecule has 156 valence electrons. The first-order chi connectivity index (χ1) is 14.5. The van der Waals surface area contributed by atoms with Crippen LogP contribution >= 0.6 is 0 Å². The lowest BCUT2D eigenvalue weighted by Crippen LogP contribution is -2.15. The fourth-order valence-electron chi connectivity index (χ4n) is 3.01. The summed E-state index contributed by atoms with van der Waals surface area (Å²) >= 11 is 0. The van der Waals surface area contributed by atoms with Gasteiger partial charge in [-0.3, -0.25) is 4.79 Å². The summed E-state index contributed by atoms with van der Waals surface area (Å²) in [5.41, 5.74) is 2.48. The zero-order valence-corrected chi connectivity index (χ0v) is 17.5. The summed E-state index contributed by atoms with van der Waals surface area (Å²) in [6.45, 7) is 2.01. The van der Waals surface area contributed by atoms with Crippen LogP contribution in [0.4, 0.5) is 5.69 Å². The van der Waals surface area contributed by atoms with E-state index >= 15 is 0 Å². The lowest BCUT2D eigenvalue weighted by molar-refractivity contribution is -0.115. The highest BCUT2D eigenvalue weighted by atomic mass is 16.5. The smallest absolute Gasteiger partial charge is 0.228 e. The number of rotatable bonds is 8. The molecular weight excluding hydrogens is 382 g/mol. The molecule has 0 heterocycles. The van der Waals surface area contributed by atoms with Crippen molar-refractivity contribution in [3.8, 4) is 28.7 Å². The van der Waals surface area contributed by atoms with E-state index in [9.17, 15) is 4.79 Å². The molecule has 0 atom stereocenters. The minimum atomic E-state index is -0.191. The molecule has 1 N–H and O–H groups in total. The predicted octanol–water partition coefficient (Wildman–Crippen LogP) is 4.99. The molecule has 0 spiro atoms. The van der Waals surface area contributed by atoms with Gasteiger partial charge in [-0.15, -0.1) is 0 Å². The molecule has 0 radical (unpaired) electrons. The maximum atomic E-state index is 12.7. The second-order valence-corrected chi connectivity index (χ2v) is 6.67. The van der Waals surface area contributed by atoms with Gasteiger partial charge < -0.3 is 24.3 Å². The van der Waals surface area contributed by atoms with E-state index in [4.69, 9.17) is 18.9 Å². The number of carbonyl (C=O) groups is 1. The molecule has 6 nitrogen and oxygen atoms in total. The zero-order chi connectivity index (χ0) is 21.5. The molecule has 3 aromatic rings. The SMILES string of the molecule is COc1cc(CC(=O)Nc2ccccc2Oc2ccc(C)cc2)cc(OC)c1OC. The van der Waals surface area contributed by atoms with Gasteiger partial charge in [-0.1, -0.05) is 29.8 Å². The van der Waals surface area contributed by atoms with Crippen LogP contribution in [0.5, 0.6) is 28.7 Å². The van der Waals surface area contributed by atoms with Crippen LogP contribution in [0.1, 0.15) is 11.1 Å². The summed E-state index contributed by atoms with van der Waals surface area (Å²) in [4.78, 5) is 12.7. The molecular formula is C24H25NO5. The number of benzene rings is 3. The molecule has 3 rings (SSSR count). The fraction of sp³-hybridized carbons (Fsp3) is 0.208. The molecule has 0 aliphatic rings. The Morgan fingerprint density at radius 3 is 2.07 bits per heavy atom. The van der Waals surface area contributed by atoms with Crippen LogP contribution in [0.3, 0.4) is 0 Å². The van der Waals surface area contributed by atoms with Gasteiger partial charge in [-0.2, -0.15) is 0 Å². The van der Waals surface area contributed by atoms with Gasteiger partial charge >= 0.3 is 0 Å². The highest BCUT2D eigenvalue weighted by molar-refractivity contribution is 5.94. The Morgan fingerprint density at radius 2 is 1.47 bits per heavy atom. The Balaban J connectivity index is 1.76. The second-order valence-electron chi connectivity index (χ2n) is 6.67. The van der Waals surface area contributed by atoms with E-state index < -0.39 is 0 Å². The van der Waals surface area contributed by atoms with Crippen molar-refractivity contribution in [2.75, 3.05) is 26.6 Å². The van der Waals surface area contributed by atoms with Crippen molar-refractivity contribution in [1.29, 1.82) is 0 Å². The van der Waals surface area contributed by atoms with E-state index in [1.54, 1.807) is 32.4 Å². The van der Waals surface area contributed by atoms with E-state index in [1.807, 2.05) is 49.4 Å². The van der Waals surface area contributed by atoms with Crippen LogP contribution in [0.25, 0.3) is 0 Å². The quantitative estimate of drug-likeness (QED) is 0.570. The first-order valence-electron chi connectivity index (χ1n) is 9.46. The van der Waals surface area contributed by atoms with Crippen LogP contribution in [0.15, 0.2) is 60.7 Å². The van der Waals surface area contributed by atoms with E-state index in [2.05, 4.69) is 5.32 Å². The van der Waals surface area contributed by atoms with Crippen molar-refractivity contribution >= 4 is 11.6 Å². The summed E-state index contributed by atoms with van der Waals surface area (Å²) in [5.74, 6) is 2.57. The average molecular weight is 407 g/mol. The van der Waals surface area contributed by atoms with Gasteiger partial charge in [-0.05, 0) is 48.9 Å². The number of ether oxygens (including phenoxy) is 4. The predicted molar refractivity (Wildman–Crippen MR) is 116 cm³/mol. The van der Waals surface area contributed by atoms with Crippen LogP contribution in [-0.4, -0.2) is 27.2 Å². The number of hydrogen-bond donors (Lipinski definition) is 1. The Bertz CT molecular complexity index is 989. The molecule has 0 aliphatic carbocycles. The largest absolute Gasteiger partial charge is 0.493 e. The van der Waals surface area contributed by atoms with Gasteiger partial charge in [0.05, 0.1) is 33.4 Å². The van der Waals surface area contributed by atoms with Crippen molar-refractivity contribution in [2.24, 2.45) is 0 Å². The monoisotopic (exact) mass is 407 g/mol. The number of carbonyl (C=O) groups excluding carboxylic acids is 1. The topological polar surface area (TPSA) is 66.0 Å². The van der Waals surface area contributed by atoms with Gasteiger partial charge in [0, 0.05) is 0 Å². The van der Waals surface area contributed by atoms with Crippen molar-refractivity contribution in [2.45, 2.75) is 13.3 Å². The third-order valence-electron chi connectivity index (χ3n) is 4.50. The van der Waals surface area contributed by atoms with Crippen LogP contribution in [-0.2, 0) is 11.2 Å². The van der Waals surface area contributed by atoms with Gasteiger partial charge in [0.15, 0.2) is 17.2 Å². The number of methoxy groups -OCH3 is 3. The van der Waals surface area contributed by atoms with E-state index in [0.717, 1.165) is 11.1 Å². The minimum absolute atomic E-state index is 0.135. The standard InChI is InChI=1S/C24H25NO5/c1-16-9-11-18(12-10-16)30-20-8-6-5-7-19(20)25-23(26)15-17-13-21(27-2)24(29-4)22(14-17)28-3/h5-14H,15H2,1-4H3,(H,25,26). The van der Waals surface area contributed by atoms with Crippen molar-refractivity contribution in [3.05, 3.63) is 71.8 Å². The number of aryl methyl sites for hydroxylation is 1. The second kappa shape index (κ2) is 9.69. The summed E-state index contributed by atoms with van der Waals surface area (Å²) in [7, 11) is 4.62. The summed E-state index contributed by atoms with van der Waals surface area (Å²) in [6.07, 6.45) is 0.135. The molecule has 0 aliphatic heterocycles. The highest BCUT2D eigenvalue weighted by Gasteiger charge is 2.16. The molecule has 0 saturated carbocycles. The first kappa shape index (κ1) is 21.0. The average Bonchev–Trinajstić information content (AvgIpc) is 2.75. The van der Waals surface area contributed by atoms with Crippen molar-refractivity contribution in [1.82, 2.24) is 0 Å². The van der Waals surface area contributed by atoms with Crippen LogP contribution < -0.4 is 24.3 Å². The van der Waals surface area contributed by atoms with E-state index in [1.165, 1.54) is 7.11 Å².